The molecule has 0 unspecified atom stereocenters. The first kappa shape index (κ1) is 14.4. The second-order valence-electron chi connectivity index (χ2n) is 6.23. The SMILES string of the molecule is C[C@@H](O[Si](C)(C)C(C)(C)C)[C@@H]1CC(=O)C=CO1. The zero-order valence-electron chi connectivity index (χ0n) is 11.7. The van der Waals surface area contributed by atoms with Crippen molar-refractivity contribution in [2.24, 2.45) is 0 Å². The first-order valence-electron chi connectivity index (χ1n) is 6.16. The number of rotatable bonds is 3. The van der Waals surface area contributed by atoms with Crippen LogP contribution in [-0.2, 0) is 14.0 Å². The molecule has 0 amide bonds. The zero-order valence-corrected chi connectivity index (χ0v) is 12.7. The van der Waals surface area contributed by atoms with Crippen LogP contribution in [0.15, 0.2) is 12.3 Å². The van der Waals surface area contributed by atoms with Crippen molar-refractivity contribution < 1.29 is 14.0 Å². The quantitative estimate of drug-likeness (QED) is 0.727. The van der Waals surface area contributed by atoms with Gasteiger partial charge in [0.15, 0.2) is 14.1 Å². The van der Waals surface area contributed by atoms with Gasteiger partial charge in [-0.2, -0.15) is 0 Å². The molecule has 0 radical (unpaired) electrons. The van der Waals surface area contributed by atoms with Gasteiger partial charge >= 0.3 is 0 Å². The fourth-order valence-electron chi connectivity index (χ4n) is 1.52. The summed E-state index contributed by atoms with van der Waals surface area (Å²) in [6.07, 6.45) is 3.22. The predicted octanol–water partition coefficient (Wildman–Crippen LogP) is 3.27. The average molecular weight is 256 g/mol. The van der Waals surface area contributed by atoms with Crippen LogP contribution in [0.4, 0.5) is 0 Å². The molecular formula is C13H24O3Si. The normalized spacial score (nSPS) is 23.4. The van der Waals surface area contributed by atoms with E-state index in [1.54, 1.807) is 0 Å². The van der Waals surface area contributed by atoms with Gasteiger partial charge in [0.1, 0.15) is 6.10 Å². The van der Waals surface area contributed by atoms with Crippen LogP contribution in [0.5, 0.6) is 0 Å². The van der Waals surface area contributed by atoms with Crippen LogP contribution in [-0.4, -0.2) is 26.3 Å². The highest BCUT2D eigenvalue weighted by atomic mass is 28.4. The lowest BCUT2D eigenvalue weighted by Gasteiger charge is -2.40. The fraction of sp³-hybridized carbons (Fsp3) is 0.769. The minimum absolute atomic E-state index is 0.0372. The number of carbonyl (C=O) groups excluding carboxylic acids is 1. The molecular weight excluding hydrogens is 232 g/mol. The van der Waals surface area contributed by atoms with Crippen molar-refractivity contribution in [1.29, 1.82) is 0 Å². The van der Waals surface area contributed by atoms with E-state index in [-0.39, 0.29) is 23.0 Å². The molecule has 0 aromatic carbocycles. The number of allylic oxidation sites excluding steroid dienone is 1. The largest absolute Gasteiger partial charge is 0.495 e. The number of hydrogen-bond donors (Lipinski definition) is 0. The van der Waals surface area contributed by atoms with E-state index in [0.717, 1.165) is 0 Å². The molecule has 0 saturated heterocycles. The molecule has 0 bridgehead atoms. The van der Waals surface area contributed by atoms with E-state index in [4.69, 9.17) is 9.16 Å². The fourth-order valence-corrected chi connectivity index (χ4v) is 2.96. The summed E-state index contributed by atoms with van der Waals surface area (Å²) in [4.78, 5) is 11.3. The zero-order chi connectivity index (χ0) is 13.3. The number of ketones is 1. The van der Waals surface area contributed by atoms with E-state index < -0.39 is 8.32 Å². The molecule has 0 aromatic heterocycles. The summed E-state index contributed by atoms with van der Waals surface area (Å²) < 4.78 is 11.7. The minimum Gasteiger partial charge on any atom is -0.495 e. The maximum Gasteiger partial charge on any atom is 0.192 e. The van der Waals surface area contributed by atoms with Crippen LogP contribution in [0.25, 0.3) is 0 Å². The minimum atomic E-state index is -1.79. The van der Waals surface area contributed by atoms with Crippen molar-refractivity contribution in [2.75, 3.05) is 0 Å². The van der Waals surface area contributed by atoms with Gasteiger partial charge in [0, 0.05) is 12.5 Å². The molecule has 2 atom stereocenters. The summed E-state index contributed by atoms with van der Waals surface area (Å²) in [5, 5.41) is 0.176. The van der Waals surface area contributed by atoms with E-state index >= 15 is 0 Å². The molecule has 0 N–H and O–H groups in total. The van der Waals surface area contributed by atoms with Gasteiger partial charge in [0.2, 0.25) is 0 Å². The summed E-state index contributed by atoms with van der Waals surface area (Å²) in [5.41, 5.74) is 0. The maximum atomic E-state index is 11.3. The molecule has 0 fully saturated rings. The molecule has 1 aliphatic rings. The lowest BCUT2D eigenvalue weighted by Crippen LogP contribution is -2.47. The Hall–Kier alpha value is -0.613. The smallest absolute Gasteiger partial charge is 0.192 e. The van der Waals surface area contributed by atoms with Crippen LogP contribution in [0.3, 0.4) is 0 Å². The van der Waals surface area contributed by atoms with E-state index in [2.05, 4.69) is 33.9 Å². The molecule has 4 heteroatoms. The van der Waals surface area contributed by atoms with Gasteiger partial charge in [-0.15, -0.1) is 0 Å². The number of hydrogen-bond acceptors (Lipinski definition) is 3. The van der Waals surface area contributed by atoms with E-state index in [9.17, 15) is 4.79 Å². The molecule has 1 aliphatic heterocycles. The first-order valence-corrected chi connectivity index (χ1v) is 9.07. The molecule has 98 valence electrons. The van der Waals surface area contributed by atoms with Crippen molar-refractivity contribution >= 4 is 14.1 Å². The second kappa shape index (κ2) is 4.94. The molecule has 0 spiro atoms. The Kier molecular flexibility index (Phi) is 4.20. The van der Waals surface area contributed by atoms with E-state index in [1.165, 1.54) is 12.3 Å². The molecule has 0 saturated carbocycles. The Balaban J connectivity index is 2.63. The number of ether oxygens (including phenoxy) is 1. The molecule has 0 aliphatic carbocycles. The lowest BCUT2D eigenvalue weighted by atomic mass is 10.1. The highest BCUT2D eigenvalue weighted by Crippen LogP contribution is 2.38. The van der Waals surface area contributed by atoms with E-state index in [1.807, 2.05) is 6.92 Å². The predicted molar refractivity (Wildman–Crippen MR) is 71.4 cm³/mol. The third-order valence-corrected chi connectivity index (χ3v) is 8.29. The van der Waals surface area contributed by atoms with E-state index in [0.29, 0.717) is 6.42 Å². The molecule has 1 heterocycles. The lowest BCUT2D eigenvalue weighted by molar-refractivity contribution is -0.120. The van der Waals surface area contributed by atoms with Crippen LogP contribution >= 0.6 is 0 Å². The van der Waals surface area contributed by atoms with Crippen molar-refractivity contribution in [3.63, 3.8) is 0 Å². The van der Waals surface area contributed by atoms with Crippen LogP contribution in [0.2, 0.25) is 18.1 Å². The third-order valence-electron chi connectivity index (χ3n) is 3.72. The van der Waals surface area contributed by atoms with Gasteiger partial charge in [-0.1, -0.05) is 20.8 Å². The molecule has 17 heavy (non-hydrogen) atoms. The van der Waals surface area contributed by atoms with Gasteiger partial charge in [-0.25, -0.2) is 0 Å². The van der Waals surface area contributed by atoms with Crippen molar-refractivity contribution in [3.05, 3.63) is 12.3 Å². The average Bonchev–Trinajstić information content (AvgIpc) is 2.15. The third kappa shape index (κ3) is 3.68. The van der Waals surface area contributed by atoms with Crippen LogP contribution in [0, 0.1) is 0 Å². The summed E-state index contributed by atoms with van der Waals surface area (Å²) in [6.45, 7) is 13.0. The van der Waals surface area contributed by atoms with Crippen molar-refractivity contribution in [3.8, 4) is 0 Å². The van der Waals surface area contributed by atoms with Gasteiger partial charge < -0.3 is 9.16 Å². The molecule has 0 aromatic rings. The van der Waals surface area contributed by atoms with Gasteiger partial charge in [-0.05, 0) is 25.1 Å². The molecule has 1 rings (SSSR count). The van der Waals surface area contributed by atoms with Crippen LogP contribution < -0.4 is 0 Å². The van der Waals surface area contributed by atoms with Crippen LogP contribution in [0.1, 0.15) is 34.1 Å². The highest BCUT2D eigenvalue weighted by molar-refractivity contribution is 6.74. The standard InChI is InChI=1S/C13H24O3Si/c1-10(12-9-11(14)7-8-15-12)16-17(5,6)13(2,3)4/h7-8,10,12H,9H2,1-6H3/t10-,12+/m1/s1. The summed E-state index contributed by atoms with van der Waals surface area (Å²) in [6, 6.07) is 0. The van der Waals surface area contributed by atoms with Gasteiger partial charge in [0.05, 0.1) is 12.4 Å². The van der Waals surface area contributed by atoms with Crippen molar-refractivity contribution in [2.45, 2.75) is 64.5 Å². The Morgan fingerprint density at radius 1 is 1.47 bits per heavy atom. The Morgan fingerprint density at radius 3 is 2.53 bits per heavy atom. The Bertz CT molecular complexity index is 315. The summed E-state index contributed by atoms with van der Waals surface area (Å²) in [7, 11) is -1.79. The summed E-state index contributed by atoms with van der Waals surface area (Å²) in [5.74, 6) is 0.118. The molecule has 3 nitrogen and oxygen atoms in total. The first-order chi connectivity index (χ1) is 7.63. The summed E-state index contributed by atoms with van der Waals surface area (Å²) >= 11 is 0. The van der Waals surface area contributed by atoms with Gasteiger partial charge in [-0.3, -0.25) is 4.79 Å². The second-order valence-corrected chi connectivity index (χ2v) is 11.0. The Labute approximate surface area is 105 Å². The Morgan fingerprint density at radius 2 is 2.06 bits per heavy atom. The highest BCUT2D eigenvalue weighted by Gasteiger charge is 2.40. The van der Waals surface area contributed by atoms with Crippen molar-refractivity contribution in [1.82, 2.24) is 0 Å². The monoisotopic (exact) mass is 256 g/mol. The number of carbonyl (C=O) groups is 1. The topological polar surface area (TPSA) is 35.5 Å². The van der Waals surface area contributed by atoms with Gasteiger partial charge in [0.25, 0.3) is 0 Å². The maximum absolute atomic E-state index is 11.3.